The Hall–Kier alpha value is -2.31. The summed E-state index contributed by atoms with van der Waals surface area (Å²) >= 11 is 12.0. The minimum atomic E-state index is -0.460. The fourth-order valence-corrected chi connectivity index (χ4v) is 5.07. The van der Waals surface area contributed by atoms with E-state index >= 15 is 0 Å². The largest absolute Gasteiger partial charge is 0.485 e. The van der Waals surface area contributed by atoms with Gasteiger partial charge in [0.05, 0.1) is 10.6 Å². The van der Waals surface area contributed by atoms with Gasteiger partial charge in [-0.25, -0.2) is 0 Å². The summed E-state index contributed by atoms with van der Waals surface area (Å²) in [6, 6.07) is 13.6. The lowest BCUT2D eigenvalue weighted by atomic mass is 9.72. The van der Waals surface area contributed by atoms with Crippen molar-refractivity contribution in [2.75, 3.05) is 0 Å². The Morgan fingerprint density at radius 3 is 2.62 bits per heavy atom. The molecule has 2 atom stereocenters. The van der Waals surface area contributed by atoms with Crippen molar-refractivity contribution in [1.82, 2.24) is 10.6 Å². The fourth-order valence-electron chi connectivity index (χ4n) is 4.40. The summed E-state index contributed by atoms with van der Waals surface area (Å²) in [5.74, 6) is 0.496. The van der Waals surface area contributed by atoms with E-state index < -0.39 is 11.5 Å². The van der Waals surface area contributed by atoms with E-state index in [2.05, 4.69) is 36.6 Å². The lowest BCUT2D eigenvalue weighted by Crippen LogP contribution is -2.65. The summed E-state index contributed by atoms with van der Waals surface area (Å²) in [7, 11) is 0. The van der Waals surface area contributed by atoms with Gasteiger partial charge >= 0.3 is 5.97 Å². The maximum atomic E-state index is 11.5. The summed E-state index contributed by atoms with van der Waals surface area (Å²) < 4.78 is 11.7. The van der Waals surface area contributed by atoms with E-state index in [1.165, 1.54) is 6.92 Å². The fraction of sp³-hybridized carbons (Fsp3) is 0.364. The van der Waals surface area contributed by atoms with Crippen molar-refractivity contribution in [2.24, 2.45) is 0 Å². The van der Waals surface area contributed by atoms with E-state index in [-0.39, 0.29) is 17.4 Å². The van der Waals surface area contributed by atoms with E-state index in [0.29, 0.717) is 22.3 Å². The molecule has 5 nitrogen and oxygen atoms in total. The molecule has 0 aromatic heterocycles. The van der Waals surface area contributed by atoms with Crippen LogP contribution in [0.2, 0.25) is 5.02 Å². The second-order valence-electron chi connectivity index (χ2n) is 8.32. The zero-order valence-electron chi connectivity index (χ0n) is 16.5. The number of fused-ring (bicyclic) bond motifs is 2. The maximum absolute atomic E-state index is 11.5. The highest BCUT2D eigenvalue weighted by molar-refractivity contribution is 7.80. The number of rotatable bonds is 2. The van der Waals surface area contributed by atoms with Gasteiger partial charge in [0, 0.05) is 30.5 Å². The number of thiocarbonyl (C=S) groups is 1. The predicted molar refractivity (Wildman–Crippen MR) is 116 cm³/mol. The summed E-state index contributed by atoms with van der Waals surface area (Å²) in [5.41, 5.74) is 1.32. The number of halogens is 1. The quantitative estimate of drug-likeness (QED) is 0.411. The molecule has 2 aromatic carbocycles. The van der Waals surface area contributed by atoms with Crippen LogP contribution >= 0.6 is 23.8 Å². The molecule has 1 saturated heterocycles. The molecule has 2 aromatic rings. The first-order valence-electron chi connectivity index (χ1n) is 9.52. The Morgan fingerprint density at radius 1 is 1.24 bits per heavy atom. The van der Waals surface area contributed by atoms with Gasteiger partial charge in [0.15, 0.2) is 10.9 Å². The number of ether oxygens (including phenoxy) is 2. The molecule has 1 spiro atoms. The third-order valence-electron chi connectivity index (χ3n) is 5.33. The van der Waals surface area contributed by atoms with Crippen molar-refractivity contribution in [2.45, 2.75) is 50.8 Å². The molecule has 0 bridgehead atoms. The van der Waals surface area contributed by atoms with Gasteiger partial charge in [-0.15, -0.1) is 0 Å². The predicted octanol–water partition coefficient (Wildman–Crippen LogP) is 4.63. The molecule has 0 saturated carbocycles. The van der Waals surface area contributed by atoms with Crippen molar-refractivity contribution in [3.05, 3.63) is 58.6 Å². The second-order valence-corrected chi connectivity index (χ2v) is 9.13. The average Bonchev–Trinajstić information content (AvgIpc) is 2.61. The van der Waals surface area contributed by atoms with E-state index in [1.807, 2.05) is 24.3 Å². The first-order valence-corrected chi connectivity index (χ1v) is 10.3. The van der Waals surface area contributed by atoms with Gasteiger partial charge < -0.3 is 20.1 Å². The van der Waals surface area contributed by atoms with Crippen LogP contribution < -0.4 is 20.1 Å². The molecule has 29 heavy (non-hydrogen) atoms. The van der Waals surface area contributed by atoms with Crippen LogP contribution in [0.5, 0.6) is 11.5 Å². The Labute approximate surface area is 180 Å². The number of carbonyl (C=O) groups excluding carboxylic acids is 1. The van der Waals surface area contributed by atoms with Gasteiger partial charge in [0.2, 0.25) is 0 Å². The highest BCUT2D eigenvalue weighted by Gasteiger charge is 2.49. The van der Waals surface area contributed by atoms with E-state index in [0.717, 1.165) is 17.5 Å². The van der Waals surface area contributed by atoms with Crippen molar-refractivity contribution in [3.8, 4) is 11.5 Å². The topological polar surface area (TPSA) is 59.6 Å². The first-order chi connectivity index (χ1) is 13.7. The SMILES string of the molecule is CC(=O)Oc1cc2c(cc1Cl)C1(CC(c3ccccc3)O2)CC(C)(C)NC(=S)N1. The van der Waals surface area contributed by atoms with Crippen molar-refractivity contribution in [3.63, 3.8) is 0 Å². The van der Waals surface area contributed by atoms with Crippen molar-refractivity contribution >= 4 is 34.9 Å². The highest BCUT2D eigenvalue weighted by Crippen LogP contribution is 2.51. The Morgan fingerprint density at radius 2 is 1.97 bits per heavy atom. The molecule has 0 amide bonds. The molecule has 2 unspecified atom stereocenters. The highest BCUT2D eigenvalue weighted by atomic mass is 35.5. The van der Waals surface area contributed by atoms with Crippen LogP contribution in [0.25, 0.3) is 0 Å². The van der Waals surface area contributed by atoms with Gasteiger partial charge in [-0.3, -0.25) is 4.79 Å². The Balaban J connectivity index is 1.86. The first kappa shape index (κ1) is 20.0. The minimum absolute atomic E-state index is 0.181. The molecular weight excluding hydrogens is 408 g/mol. The van der Waals surface area contributed by atoms with Crippen LogP contribution in [0, 0.1) is 0 Å². The molecular formula is C22H23ClN2O3S. The van der Waals surface area contributed by atoms with E-state index in [1.54, 1.807) is 6.07 Å². The zero-order valence-corrected chi connectivity index (χ0v) is 18.1. The van der Waals surface area contributed by atoms with Crippen LogP contribution in [-0.2, 0) is 10.3 Å². The van der Waals surface area contributed by atoms with E-state index in [9.17, 15) is 4.79 Å². The van der Waals surface area contributed by atoms with Gasteiger partial charge in [-0.1, -0.05) is 41.9 Å². The maximum Gasteiger partial charge on any atom is 0.308 e. The number of hydrogen-bond donors (Lipinski definition) is 2. The molecule has 1 fully saturated rings. The van der Waals surface area contributed by atoms with Crippen LogP contribution in [0.4, 0.5) is 0 Å². The van der Waals surface area contributed by atoms with Gasteiger partial charge in [-0.05, 0) is 44.1 Å². The minimum Gasteiger partial charge on any atom is -0.485 e. The standard InChI is InChI=1S/C22H23ClN2O3S/c1-13(26)27-18-10-17-15(9-16(18)23)22(12-21(2,3)24-20(29)25-22)11-19(28-17)14-7-5-4-6-8-14/h4-10,19H,11-12H2,1-3H3,(H2,24,25,29). The summed E-state index contributed by atoms with van der Waals surface area (Å²) in [4.78, 5) is 11.5. The normalized spacial score (nSPS) is 24.7. The number of carbonyl (C=O) groups is 1. The lowest BCUT2D eigenvalue weighted by molar-refractivity contribution is -0.131. The molecule has 7 heteroatoms. The summed E-state index contributed by atoms with van der Waals surface area (Å²) in [6.07, 6.45) is 1.29. The number of nitrogens with one attached hydrogen (secondary N) is 2. The summed E-state index contributed by atoms with van der Waals surface area (Å²) in [5, 5.41) is 7.81. The zero-order chi connectivity index (χ0) is 20.8. The van der Waals surface area contributed by atoms with Gasteiger partial charge in [-0.2, -0.15) is 0 Å². The molecule has 0 aliphatic carbocycles. The van der Waals surface area contributed by atoms with Crippen molar-refractivity contribution in [1.29, 1.82) is 0 Å². The molecule has 2 heterocycles. The van der Waals surface area contributed by atoms with Gasteiger partial charge in [0.1, 0.15) is 11.9 Å². The van der Waals surface area contributed by atoms with Gasteiger partial charge in [0.25, 0.3) is 0 Å². The third-order valence-corrected chi connectivity index (χ3v) is 5.83. The number of hydrogen-bond acceptors (Lipinski definition) is 4. The molecule has 2 aliphatic heterocycles. The van der Waals surface area contributed by atoms with Crippen molar-refractivity contribution < 1.29 is 14.3 Å². The Kier molecular flexibility index (Phi) is 4.95. The van der Waals surface area contributed by atoms with Crippen LogP contribution in [-0.4, -0.2) is 16.6 Å². The molecule has 0 radical (unpaired) electrons. The van der Waals surface area contributed by atoms with Crippen LogP contribution in [0.3, 0.4) is 0 Å². The Bertz CT molecular complexity index is 980. The average molecular weight is 431 g/mol. The third kappa shape index (κ3) is 3.91. The monoisotopic (exact) mass is 430 g/mol. The van der Waals surface area contributed by atoms with E-state index in [4.69, 9.17) is 33.3 Å². The summed E-state index contributed by atoms with van der Waals surface area (Å²) in [6.45, 7) is 5.60. The molecule has 2 aliphatic rings. The second kappa shape index (κ2) is 7.18. The van der Waals surface area contributed by atoms with Crippen LogP contribution in [0.1, 0.15) is 50.8 Å². The molecule has 152 valence electrons. The number of benzene rings is 2. The smallest absolute Gasteiger partial charge is 0.308 e. The molecule has 2 N–H and O–H groups in total. The lowest BCUT2D eigenvalue weighted by Gasteiger charge is -2.51. The number of esters is 1. The van der Waals surface area contributed by atoms with Crippen LogP contribution in [0.15, 0.2) is 42.5 Å². The molecule has 4 rings (SSSR count).